The van der Waals surface area contributed by atoms with Crippen LogP contribution >= 0.6 is 0 Å². The van der Waals surface area contributed by atoms with Gasteiger partial charge in [0, 0.05) is 26.4 Å². The molecule has 0 bridgehead atoms. The van der Waals surface area contributed by atoms with Gasteiger partial charge in [-0.2, -0.15) is 0 Å². The summed E-state index contributed by atoms with van der Waals surface area (Å²) in [5.74, 6) is 0. The van der Waals surface area contributed by atoms with Gasteiger partial charge in [-0.1, -0.05) is 53.4 Å². The average Bonchev–Trinajstić information content (AvgIpc) is 2.69. The Morgan fingerprint density at radius 2 is 1.11 bits per heavy atom. The lowest BCUT2D eigenvalue weighted by molar-refractivity contribution is -0.293. The molecule has 1 aliphatic rings. The van der Waals surface area contributed by atoms with Crippen LogP contribution in [0.1, 0.15) is 79.1 Å². The van der Waals surface area contributed by atoms with E-state index in [0.29, 0.717) is 33.0 Å². The van der Waals surface area contributed by atoms with Crippen molar-refractivity contribution in [3.63, 3.8) is 0 Å². The molecule has 1 fully saturated rings. The molecule has 5 nitrogen and oxygen atoms in total. The van der Waals surface area contributed by atoms with E-state index < -0.39 is 24.7 Å². The van der Waals surface area contributed by atoms with Crippen LogP contribution in [0, 0.1) is 0 Å². The number of hydrogen-bond acceptors (Lipinski definition) is 5. The Hall–Kier alpha value is -0.270. The highest BCUT2D eigenvalue weighted by Crippen LogP contribution is 2.30. The Labute approximate surface area is 171 Å². The highest BCUT2D eigenvalue weighted by atomic mass is 19.1. The first-order valence-corrected chi connectivity index (χ1v) is 11.4. The summed E-state index contributed by atoms with van der Waals surface area (Å²) in [6.07, 6.45) is 4.20. The lowest BCUT2D eigenvalue weighted by atomic mass is 9.98. The molecule has 0 aromatic carbocycles. The average molecular weight is 407 g/mol. The Balaban J connectivity index is 2.84. The maximum Gasteiger partial charge on any atom is 0.228 e. The van der Waals surface area contributed by atoms with Gasteiger partial charge < -0.3 is 23.7 Å². The van der Waals surface area contributed by atoms with E-state index in [1.54, 1.807) is 0 Å². The van der Waals surface area contributed by atoms with Gasteiger partial charge >= 0.3 is 0 Å². The van der Waals surface area contributed by atoms with Crippen molar-refractivity contribution in [2.45, 2.75) is 110 Å². The predicted octanol–water partition coefficient (Wildman–Crippen LogP) is 5.05. The quantitative estimate of drug-likeness (QED) is 0.316. The molecule has 1 aliphatic heterocycles. The monoisotopic (exact) mass is 406 g/mol. The van der Waals surface area contributed by atoms with Gasteiger partial charge in [-0.25, -0.2) is 4.39 Å². The first-order valence-electron chi connectivity index (χ1n) is 11.4. The molecular formula is C22H43FO5. The highest BCUT2D eigenvalue weighted by Gasteiger charge is 2.48. The summed E-state index contributed by atoms with van der Waals surface area (Å²) in [4.78, 5) is 0. The molecule has 1 rings (SSSR count). The number of rotatable bonds is 17. The second-order valence-electron chi connectivity index (χ2n) is 7.52. The van der Waals surface area contributed by atoms with E-state index in [-0.39, 0.29) is 6.10 Å². The minimum atomic E-state index is -1.53. The molecule has 6 heteroatoms. The first-order chi connectivity index (χ1) is 13.7. The lowest BCUT2D eigenvalue weighted by Gasteiger charge is -2.43. The van der Waals surface area contributed by atoms with E-state index >= 15 is 0 Å². The van der Waals surface area contributed by atoms with Gasteiger partial charge in [-0.3, -0.25) is 0 Å². The molecule has 0 spiro atoms. The third-order valence-electron chi connectivity index (χ3n) is 4.93. The molecule has 1 saturated heterocycles. The topological polar surface area (TPSA) is 46.2 Å². The maximum atomic E-state index is 14.9. The smallest absolute Gasteiger partial charge is 0.228 e. The van der Waals surface area contributed by atoms with Crippen molar-refractivity contribution in [2.24, 2.45) is 0 Å². The third kappa shape index (κ3) is 9.49. The molecule has 0 aromatic rings. The second-order valence-corrected chi connectivity index (χ2v) is 7.52. The highest BCUT2D eigenvalue weighted by molar-refractivity contribution is 4.92. The number of halogens is 1. The van der Waals surface area contributed by atoms with Crippen molar-refractivity contribution >= 4 is 0 Å². The Morgan fingerprint density at radius 3 is 1.64 bits per heavy atom. The third-order valence-corrected chi connectivity index (χ3v) is 4.93. The Morgan fingerprint density at radius 1 is 0.643 bits per heavy atom. The number of hydrogen-bond donors (Lipinski definition) is 0. The SMILES string of the molecule is CCCCOC[C@H]1O[C@H](F)[C@H](OCCCC)[C@@H](OCCCC)[C@@H]1OCCCC. The molecule has 0 aromatic heterocycles. The molecule has 0 N–H and O–H groups in total. The van der Waals surface area contributed by atoms with Gasteiger partial charge in [0.25, 0.3) is 0 Å². The molecule has 0 unspecified atom stereocenters. The fourth-order valence-corrected chi connectivity index (χ4v) is 3.10. The van der Waals surface area contributed by atoms with Crippen LogP contribution in [0.2, 0.25) is 0 Å². The van der Waals surface area contributed by atoms with E-state index in [1.807, 2.05) is 0 Å². The van der Waals surface area contributed by atoms with Crippen molar-refractivity contribution in [3.05, 3.63) is 0 Å². The van der Waals surface area contributed by atoms with Gasteiger partial charge in [0.2, 0.25) is 6.36 Å². The summed E-state index contributed by atoms with van der Waals surface area (Å²) in [5, 5.41) is 0. The summed E-state index contributed by atoms with van der Waals surface area (Å²) in [6, 6.07) is 0. The van der Waals surface area contributed by atoms with Gasteiger partial charge in [0.1, 0.15) is 24.4 Å². The van der Waals surface area contributed by atoms with Crippen LogP contribution in [0.4, 0.5) is 4.39 Å². The number of unbranched alkanes of at least 4 members (excludes halogenated alkanes) is 4. The summed E-state index contributed by atoms with van der Waals surface area (Å²) in [7, 11) is 0. The predicted molar refractivity (Wildman–Crippen MR) is 109 cm³/mol. The Bertz CT molecular complexity index is 358. The van der Waals surface area contributed by atoms with Crippen LogP contribution in [0.15, 0.2) is 0 Å². The van der Waals surface area contributed by atoms with E-state index in [1.165, 1.54) is 0 Å². The van der Waals surface area contributed by atoms with Crippen LogP contribution in [0.5, 0.6) is 0 Å². The second kappa shape index (κ2) is 16.5. The van der Waals surface area contributed by atoms with Crippen LogP contribution in [0.3, 0.4) is 0 Å². The zero-order chi connectivity index (χ0) is 20.6. The molecule has 168 valence electrons. The van der Waals surface area contributed by atoms with Crippen LogP contribution < -0.4 is 0 Å². The largest absolute Gasteiger partial charge is 0.379 e. The van der Waals surface area contributed by atoms with Crippen LogP contribution in [-0.4, -0.2) is 63.8 Å². The zero-order valence-electron chi connectivity index (χ0n) is 18.5. The van der Waals surface area contributed by atoms with E-state index in [4.69, 9.17) is 23.7 Å². The minimum absolute atomic E-state index is 0.312. The van der Waals surface area contributed by atoms with Gasteiger partial charge in [0.15, 0.2) is 0 Å². The van der Waals surface area contributed by atoms with Crippen molar-refractivity contribution in [1.82, 2.24) is 0 Å². The summed E-state index contributed by atoms with van der Waals surface area (Å²) < 4.78 is 44.4. The van der Waals surface area contributed by atoms with E-state index in [0.717, 1.165) is 51.4 Å². The van der Waals surface area contributed by atoms with E-state index in [9.17, 15) is 4.39 Å². The molecule has 1 heterocycles. The van der Waals surface area contributed by atoms with Crippen molar-refractivity contribution in [2.75, 3.05) is 33.0 Å². The van der Waals surface area contributed by atoms with Crippen molar-refractivity contribution < 1.29 is 28.1 Å². The molecular weight excluding hydrogens is 363 g/mol. The molecule has 0 aliphatic carbocycles. The van der Waals surface area contributed by atoms with Crippen LogP contribution in [0.25, 0.3) is 0 Å². The summed E-state index contributed by atoms with van der Waals surface area (Å²) in [5.41, 5.74) is 0. The zero-order valence-corrected chi connectivity index (χ0v) is 18.5. The van der Waals surface area contributed by atoms with Crippen molar-refractivity contribution in [3.8, 4) is 0 Å². The first kappa shape index (κ1) is 25.8. The summed E-state index contributed by atoms with van der Waals surface area (Å²) in [6.45, 7) is 11.1. The Kier molecular flexibility index (Phi) is 15.2. The molecule has 0 saturated carbocycles. The maximum absolute atomic E-state index is 14.9. The molecule has 5 atom stereocenters. The number of ether oxygens (including phenoxy) is 5. The molecule has 0 amide bonds. The van der Waals surface area contributed by atoms with Crippen LogP contribution in [-0.2, 0) is 23.7 Å². The van der Waals surface area contributed by atoms with Gasteiger partial charge in [-0.15, -0.1) is 0 Å². The fourth-order valence-electron chi connectivity index (χ4n) is 3.10. The van der Waals surface area contributed by atoms with Crippen molar-refractivity contribution in [1.29, 1.82) is 0 Å². The fraction of sp³-hybridized carbons (Fsp3) is 1.00. The summed E-state index contributed by atoms with van der Waals surface area (Å²) >= 11 is 0. The van der Waals surface area contributed by atoms with Gasteiger partial charge in [0.05, 0.1) is 6.61 Å². The normalized spacial score (nSPS) is 28.0. The molecule has 0 radical (unpaired) electrons. The lowest BCUT2D eigenvalue weighted by Crippen LogP contribution is -2.60. The minimum Gasteiger partial charge on any atom is -0.379 e. The number of alkyl halides is 1. The molecule has 28 heavy (non-hydrogen) atoms. The van der Waals surface area contributed by atoms with E-state index in [2.05, 4.69) is 27.7 Å². The standard InChI is InChI=1S/C22H43FO5/c1-5-9-13-24-17-18-19(25-14-10-6-2)20(26-15-11-7-3)21(22(23)28-18)27-16-12-8-4/h18-22H,5-17H2,1-4H3/t18-,19-,20+,21-,22+/m1/s1. The van der Waals surface area contributed by atoms with Gasteiger partial charge in [-0.05, 0) is 25.7 Å².